The molecule has 0 aliphatic rings. The number of hydrazine groups is 1. The van der Waals surface area contributed by atoms with Gasteiger partial charge in [0, 0.05) is 17.7 Å². The molecule has 0 saturated carbocycles. The number of nitrogen functional groups attached to an aromatic ring is 1. The highest BCUT2D eigenvalue weighted by atomic mass is 35.5. The summed E-state index contributed by atoms with van der Waals surface area (Å²) in [6.45, 7) is 6.16. The van der Waals surface area contributed by atoms with Gasteiger partial charge in [-0.05, 0) is 23.9 Å². The molecule has 2 aromatic heterocycles. The quantitative estimate of drug-likeness (QED) is 0.515. The van der Waals surface area contributed by atoms with Crippen LogP contribution in [-0.2, 0) is 5.41 Å². The summed E-state index contributed by atoms with van der Waals surface area (Å²) >= 11 is 7.26. The third kappa shape index (κ3) is 3.82. The predicted octanol–water partition coefficient (Wildman–Crippen LogP) is 3.26. The Morgan fingerprint density at radius 3 is 2.50 bits per heavy atom. The molecule has 0 bridgehead atoms. The summed E-state index contributed by atoms with van der Waals surface area (Å²) in [5.41, 5.74) is 2.41. The Morgan fingerprint density at radius 1 is 1.20 bits per heavy atom. The van der Waals surface area contributed by atoms with E-state index < -0.39 is 0 Å². The van der Waals surface area contributed by atoms with Gasteiger partial charge in [0.1, 0.15) is 21.7 Å². The Balaban J connectivity index is 2.33. The first-order valence-corrected chi connectivity index (χ1v) is 7.23. The molecule has 2 aromatic rings. The van der Waals surface area contributed by atoms with E-state index in [-0.39, 0.29) is 5.41 Å². The maximum absolute atomic E-state index is 5.82. The summed E-state index contributed by atoms with van der Waals surface area (Å²) in [4.78, 5) is 13.2. The first-order chi connectivity index (χ1) is 9.38. The van der Waals surface area contributed by atoms with Crippen LogP contribution in [0, 0.1) is 0 Å². The molecule has 0 unspecified atom stereocenters. The summed E-state index contributed by atoms with van der Waals surface area (Å²) in [6.07, 6.45) is 1.61. The Kier molecular flexibility index (Phi) is 4.47. The van der Waals surface area contributed by atoms with E-state index in [9.17, 15) is 0 Å². The smallest absolute Gasteiger partial charge is 0.144 e. The molecule has 2 heterocycles. The molecule has 2 rings (SSSR count). The molecule has 0 radical (unpaired) electrons. The van der Waals surface area contributed by atoms with Gasteiger partial charge in [-0.1, -0.05) is 32.4 Å². The maximum atomic E-state index is 5.82. The molecule has 0 aliphatic carbocycles. The van der Waals surface area contributed by atoms with Crippen LogP contribution in [0.5, 0.6) is 0 Å². The van der Waals surface area contributed by atoms with Crippen LogP contribution in [0.15, 0.2) is 34.4 Å². The summed E-state index contributed by atoms with van der Waals surface area (Å²) in [5, 5.41) is 2.21. The molecule has 0 aliphatic heterocycles. The lowest BCUT2D eigenvalue weighted by atomic mass is 9.96. The number of hydrogen-bond acceptors (Lipinski definition) is 6. The number of anilines is 1. The molecule has 0 atom stereocenters. The average Bonchev–Trinajstić information content (AvgIpc) is 2.40. The van der Waals surface area contributed by atoms with Crippen LogP contribution < -0.4 is 11.3 Å². The van der Waals surface area contributed by atoms with Crippen LogP contribution in [0.25, 0.3) is 0 Å². The average molecular weight is 310 g/mol. The predicted molar refractivity (Wildman–Crippen MR) is 81.9 cm³/mol. The molecule has 7 heteroatoms. The summed E-state index contributed by atoms with van der Waals surface area (Å²) < 4.78 is 0. The van der Waals surface area contributed by atoms with E-state index in [1.54, 1.807) is 18.3 Å². The highest BCUT2D eigenvalue weighted by Crippen LogP contribution is 2.29. The van der Waals surface area contributed by atoms with Crippen molar-refractivity contribution in [2.45, 2.75) is 36.2 Å². The van der Waals surface area contributed by atoms with E-state index >= 15 is 0 Å². The highest BCUT2D eigenvalue weighted by Gasteiger charge is 2.19. The Hall–Kier alpha value is -1.37. The molecule has 0 saturated heterocycles. The fraction of sp³-hybridized carbons (Fsp3) is 0.308. The molecule has 20 heavy (non-hydrogen) atoms. The number of nitrogens with zero attached hydrogens (tertiary/aromatic N) is 3. The SMILES string of the molecule is CC(C)(C)c1nc(NN)cc(Sc2ccc(Cl)cn2)n1. The second kappa shape index (κ2) is 5.95. The molecule has 0 aromatic carbocycles. The molecule has 106 valence electrons. The normalized spacial score (nSPS) is 11.4. The van der Waals surface area contributed by atoms with Crippen molar-refractivity contribution in [3.8, 4) is 0 Å². The molecule has 5 nitrogen and oxygen atoms in total. The Bertz CT molecular complexity index is 595. The lowest BCUT2D eigenvalue weighted by Crippen LogP contribution is -2.19. The van der Waals surface area contributed by atoms with Crippen LogP contribution in [0.4, 0.5) is 5.82 Å². The van der Waals surface area contributed by atoms with Gasteiger partial charge < -0.3 is 5.43 Å². The number of pyridine rings is 1. The zero-order valence-electron chi connectivity index (χ0n) is 11.5. The molecular weight excluding hydrogens is 294 g/mol. The lowest BCUT2D eigenvalue weighted by Gasteiger charge is -2.18. The number of halogens is 1. The van der Waals surface area contributed by atoms with E-state index in [1.165, 1.54) is 11.8 Å². The van der Waals surface area contributed by atoms with Gasteiger partial charge in [0.2, 0.25) is 0 Å². The van der Waals surface area contributed by atoms with Gasteiger partial charge in [-0.15, -0.1) is 0 Å². The fourth-order valence-corrected chi connectivity index (χ4v) is 2.29. The van der Waals surface area contributed by atoms with Crippen LogP contribution >= 0.6 is 23.4 Å². The van der Waals surface area contributed by atoms with Crippen LogP contribution in [0.3, 0.4) is 0 Å². The van der Waals surface area contributed by atoms with Crippen LogP contribution in [0.2, 0.25) is 5.02 Å². The first-order valence-electron chi connectivity index (χ1n) is 6.04. The zero-order valence-corrected chi connectivity index (χ0v) is 13.1. The van der Waals surface area contributed by atoms with Gasteiger partial charge in [0.15, 0.2) is 0 Å². The number of nitrogens with one attached hydrogen (secondary N) is 1. The standard InChI is InChI=1S/C13H16ClN5S/c1-13(2,3)12-17-9(19-15)6-11(18-12)20-10-5-4-8(14)7-16-10/h4-7H,15H2,1-3H3,(H,17,18,19). The third-order valence-electron chi connectivity index (χ3n) is 2.43. The van der Waals surface area contributed by atoms with Crippen molar-refractivity contribution in [3.63, 3.8) is 0 Å². The molecule has 0 amide bonds. The summed E-state index contributed by atoms with van der Waals surface area (Å²) in [5.74, 6) is 6.77. The number of hydrogen-bond donors (Lipinski definition) is 2. The van der Waals surface area contributed by atoms with Crippen LogP contribution in [0.1, 0.15) is 26.6 Å². The second-order valence-electron chi connectivity index (χ2n) is 5.23. The zero-order chi connectivity index (χ0) is 14.8. The minimum atomic E-state index is -0.157. The van der Waals surface area contributed by atoms with Crippen molar-refractivity contribution in [3.05, 3.63) is 35.2 Å². The minimum absolute atomic E-state index is 0.157. The maximum Gasteiger partial charge on any atom is 0.144 e. The topological polar surface area (TPSA) is 76.7 Å². The highest BCUT2D eigenvalue weighted by molar-refractivity contribution is 7.99. The third-order valence-corrected chi connectivity index (χ3v) is 3.52. The van der Waals surface area contributed by atoms with Crippen molar-refractivity contribution in [1.29, 1.82) is 0 Å². The van der Waals surface area contributed by atoms with E-state index in [2.05, 4.69) is 41.1 Å². The lowest BCUT2D eigenvalue weighted by molar-refractivity contribution is 0.539. The van der Waals surface area contributed by atoms with E-state index in [1.807, 2.05) is 6.07 Å². The molecule has 3 N–H and O–H groups in total. The van der Waals surface area contributed by atoms with Crippen molar-refractivity contribution < 1.29 is 0 Å². The summed E-state index contributed by atoms with van der Waals surface area (Å²) in [6, 6.07) is 5.43. The molecule has 0 spiro atoms. The second-order valence-corrected chi connectivity index (χ2v) is 6.70. The number of nitrogens with two attached hydrogens (primary N) is 1. The Morgan fingerprint density at radius 2 is 1.95 bits per heavy atom. The van der Waals surface area contributed by atoms with Gasteiger partial charge in [-0.3, -0.25) is 0 Å². The fourth-order valence-electron chi connectivity index (χ4n) is 1.42. The van der Waals surface area contributed by atoms with Crippen molar-refractivity contribution in [2.75, 3.05) is 5.43 Å². The first kappa shape index (κ1) is 15.0. The monoisotopic (exact) mass is 309 g/mol. The molecule has 0 fully saturated rings. The largest absolute Gasteiger partial charge is 0.308 e. The van der Waals surface area contributed by atoms with Gasteiger partial charge in [-0.25, -0.2) is 20.8 Å². The van der Waals surface area contributed by atoms with Crippen molar-refractivity contribution in [2.24, 2.45) is 5.84 Å². The van der Waals surface area contributed by atoms with Crippen LogP contribution in [-0.4, -0.2) is 15.0 Å². The van der Waals surface area contributed by atoms with Crippen molar-refractivity contribution >= 4 is 29.2 Å². The number of aromatic nitrogens is 3. The summed E-state index contributed by atoms with van der Waals surface area (Å²) in [7, 11) is 0. The Labute approximate surface area is 127 Å². The van der Waals surface area contributed by atoms with E-state index in [4.69, 9.17) is 17.4 Å². The molecular formula is C13H16ClN5S. The minimum Gasteiger partial charge on any atom is -0.308 e. The van der Waals surface area contributed by atoms with E-state index in [0.717, 1.165) is 15.9 Å². The van der Waals surface area contributed by atoms with Gasteiger partial charge >= 0.3 is 0 Å². The van der Waals surface area contributed by atoms with E-state index in [0.29, 0.717) is 10.8 Å². The van der Waals surface area contributed by atoms with Gasteiger partial charge in [0.05, 0.1) is 5.02 Å². The van der Waals surface area contributed by atoms with Gasteiger partial charge in [0.25, 0.3) is 0 Å². The van der Waals surface area contributed by atoms with Crippen molar-refractivity contribution in [1.82, 2.24) is 15.0 Å². The number of rotatable bonds is 3. The van der Waals surface area contributed by atoms with Gasteiger partial charge in [-0.2, -0.15) is 0 Å².